The topological polar surface area (TPSA) is 99.7 Å². The van der Waals surface area contributed by atoms with Crippen LogP contribution in [0.1, 0.15) is 16.9 Å². The van der Waals surface area contributed by atoms with Gasteiger partial charge in [0.25, 0.3) is 5.91 Å². The molecule has 1 aromatic heterocycles. The number of halogens is 1. The summed E-state index contributed by atoms with van der Waals surface area (Å²) in [5, 5.41) is 0. The lowest BCUT2D eigenvalue weighted by atomic mass is 9.97. The number of ether oxygens (including phenoxy) is 2. The summed E-state index contributed by atoms with van der Waals surface area (Å²) in [6.07, 6.45) is 3.06. The summed E-state index contributed by atoms with van der Waals surface area (Å²) in [4.78, 5) is 29.9. The largest absolute Gasteiger partial charge is 0.490 e. The van der Waals surface area contributed by atoms with Gasteiger partial charge in [0.05, 0.1) is 25.9 Å². The standard InChI is InChI=1S/C18H21FN4O4/c1-22-9-15(21-12-22)17(25)23-6-7-27-18(10-23,8-16(20)24)11-26-14-4-2-13(19)3-5-14/h2-5,9,12H,6-8,10-11H2,1H3,(H2,20,24). The second-order valence-electron chi connectivity index (χ2n) is 6.57. The zero-order valence-electron chi connectivity index (χ0n) is 14.9. The molecular formula is C18H21FN4O4. The lowest BCUT2D eigenvalue weighted by Gasteiger charge is -2.41. The van der Waals surface area contributed by atoms with E-state index in [1.807, 2.05) is 0 Å². The molecule has 1 unspecified atom stereocenters. The van der Waals surface area contributed by atoms with Crippen molar-refractivity contribution < 1.29 is 23.5 Å². The van der Waals surface area contributed by atoms with Crippen LogP contribution in [0.5, 0.6) is 5.75 Å². The minimum Gasteiger partial charge on any atom is -0.490 e. The molecule has 9 heteroatoms. The van der Waals surface area contributed by atoms with Crippen LogP contribution in [0.3, 0.4) is 0 Å². The molecule has 1 aromatic carbocycles. The lowest BCUT2D eigenvalue weighted by Crippen LogP contribution is -2.58. The van der Waals surface area contributed by atoms with Crippen molar-refractivity contribution >= 4 is 11.8 Å². The Morgan fingerprint density at radius 2 is 2.11 bits per heavy atom. The summed E-state index contributed by atoms with van der Waals surface area (Å²) in [6, 6.07) is 5.50. The molecule has 2 N–H and O–H groups in total. The first kappa shape index (κ1) is 18.8. The number of aryl methyl sites for hydroxylation is 1. The van der Waals surface area contributed by atoms with Crippen LogP contribution < -0.4 is 10.5 Å². The molecule has 2 aromatic rings. The SMILES string of the molecule is Cn1cnc(C(=O)N2CCOC(COc3ccc(F)cc3)(CC(N)=O)C2)c1. The molecule has 2 heterocycles. The number of hydrogen-bond donors (Lipinski definition) is 1. The Morgan fingerprint density at radius 1 is 1.37 bits per heavy atom. The molecular weight excluding hydrogens is 355 g/mol. The summed E-state index contributed by atoms with van der Waals surface area (Å²) in [5.41, 5.74) is 4.62. The van der Waals surface area contributed by atoms with Crippen LogP contribution in [0.4, 0.5) is 4.39 Å². The van der Waals surface area contributed by atoms with E-state index in [4.69, 9.17) is 15.2 Å². The summed E-state index contributed by atoms with van der Waals surface area (Å²) < 4.78 is 26.2. The molecule has 0 saturated carbocycles. The Bertz CT molecular complexity index is 823. The number of carbonyl (C=O) groups excluding carboxylic acids is 2. The van der Waals surface area contributed by atoms with Crippen LogP contribution in [0.25, 0.3) is 0 Å². The van der Waals surface area contributed by atoms with Crippen LogP contribution in [-0.4, -0.2) is 58.2 Å². The number of hydrogen-bond acceptors (Lipinski definition) is 5. The van der Waals surface area contributed by atoms with Gasteiger partial charge in [0.2, 0.25) is 5.91 Å². The van der Waals surface area contributed by atoms with Crippen molar-refractivity contribution in [3.63, 3.8) is 0 Å². The van der Waals surface area contributed by atoms with Gasteiger partial charge >= 0.3 is 0 Å². The molecule has 27 heavy (non-hydrogen) atoms. The average molecular weight is 376 g/mol. The highest BCUT2D eigenvalue weighted by atomic mass is 19.1. The average Bonchev–Trinajstić information content (AvgIpc) is 3.07. The van der Waals surface area contributed by atoms with Crippen LogP contribution in [-0.2, 0) is 16.6 Å². The molecule has 144 valence electrons. The number of morpholine rings is 1. The first-order chi connectivity index (χ1) is 12.9. The van der Waals surface area contributed by atoms with Crippen molar-refractivity contribution in [3.8, 4) is 5.75 Å². The molecule has 1 aliphatic heterocycles. The third-order valence-electron chi connectivity index (χ3n) is 4.27. The van der Waals surface area contributed by atoms with Gasteiger partial charge in [0, 0.05) is 19.8 Å². The molecule has 2 amide bonds. The number of benzene rings is 1. The fraction of sp³-hybridized carbons (Fsp3) is 0.389. The van der Waals surface area contributed by atoms with E-state index in [9.17, 15) is 14.0 Å². The molecule has 1 aliphatic rings. The molecule has 0 radical (unpaired) electrons. The number of amides is 2. The summed E-state index contributed by atoms with van der Waals surface area (Å²) in [7, 11) is 1.77. The Hall–Kier alpha value is -2.94. The smallest absolute Gasteiger partial charge is 0.274 e. The van der Waals surface area contributed by atoms with Crippen molar-refractivity contribution in [1.82, 2.24) is 14.5 Å². The predicted octanol–water partition coefficient (Wildman–Crippen LogP) is 0.725. The Morgan fingerprint density at radius 3 is 2.74 bits per heavy atom. The second-order valence-corrected chi connectivity index (χ2v) is 6.57. The number of aromatic nitrogens is 2. The van der Waals surface area contributed by atoms with Gasteiger partial charge in [-0.2, -0.15) is 0 Å². The zero-order valence-corrected chi connectivity index (χ0v) is 14.9. The van der Waals surface area contributed by atoms with E-state index in [2.05, 4.69) is 4.98 Å². The molecule has 0 spiro atoms. The van der Waals surface area contributed by atoms with Gasteiger partial charge in [-0.15, -0.1) is 0 Å². The third-order valence-corrected chi connectivity index (χ3v) is 4.27. The Kier molecular flexibility index (Phi) is 5.41. The molecule has 3 rings (SSSR count). The van der Waals surface area contributed by atoms with Crippen molar-refractivity contribution in [2.24, 2.45) is 12.8 Å². The van der Waals surface area contributed by atoms with E-state index in [1.165, 1.54) is 24.3 Å². The number of nitrogens with two attached hydrogens (primary N) is 1. The number of carbonyl (C=O) groups is 2. The van der Waals surface area contributed by atoms with Gasteiger partial charge in [-0.05, 0) is 24.3 Å². The van der Waals surface area contributed by atoms with Crippen LogP contribution in [0.15, 0.2) is 36.8 Å². The molecule has 1 saturated heterocycles. The fourth-order valence-corrected chi connectivity index (χ4v) is 3.01. The Labute approximate surface area is 155 Å². The fourth-order valence-electron chi connectivity index (χ4n) is 3.01. The van der Waals surface area contributed by atoms with Crippen molar-refractivity contribution in [3.05, 3.63) is 48.3 Å². The highest BCUT2D eigenvalue weighted by Crippen LogP contribution is 2.25. The minimum absolute atomic E-state index is 0.00638. The quantitative estimate of drug-likeness (QED) is 0.801. The lowest BCUT2D eigenvalue weighted by molar-refractivity contribution is -0.142. The highest BCUT2D eigenvalue weighted by molar-refractivity contribution is 5.92. The zero-order chi connectivity index (χ0) is 19.4. The van der Waals surface area contributed by atoms with Gasteiger partial charge in [-0.1, -0.05) is 0 Å². The molecule has 1 fully saturated rings. The molecule has 0 bridgehead atoms. The van der Waals surface area contributed by atoms with E-state index in [-0.39, 0.29) is 37.9 Å². The third kappa shape index (κ3) is 4.62. The first-order valence-electron chi connectivity index (χ1n) is 8.45. The van der Waals surface area contributed by atoms with E-state index < -0.39 is 11.5 Å². The maximum absolute atomic E-state index is 13.0. The monoisotopic (exact) mass is 376 g/mol. The van der Waals surface area contributed by atoms with Gasteiger partial charge in [-0.3, -0.25) is 9.59 Å². The van der Waals surface area contributed by atoms with Crippen molar-refractivity contribution in [1.29, 1.82) is 0 Å². The Balaban J connectivity index is 1.74. The van der Waals surface area contributed by atoms with Gasteiger partial charge in [0.1, 0.15) is 29.5 Å². The maximum Gasteiger partial charge on any atom is 0.274 e. The van der Waals surface area contributed by atoms with Crippen molar-refractivity contribution in [2.75, 3.05) is 26.3 Å². The van der Waals surface area contributed by atoms with E-state index in [0.29, 0.717) is 18.0 Å². The number of rotatable bonds is 6. The highest BCUT2D eigenvalue weighted by Gasteiger charge is 2.41. The summed E-state index contributed by atoms with van der Waals surface area (Å²) in [6.45, 7) is 0.727. The normalized spacial score (nSPS) is 19.7. The molecule has 8 nitrogen and oxygen atoms in total. The minimum atomic E-state index is -1.08. The predicted molar refractivity (Wildman–Crippen MR) is 93.5 cm³/mol. The van der Waals surface area contributed by atoms with Crippen molar-refractivity contribution in [2.45, 2.75) is 12.0 Å². The van der Waals surface area contributed by atoms with E-state index in [1.54, 1.807) is 29.0 Å². The number of nitrogens with zero attached hydrogens (tertiary/aromatic N) is 3. The first-order valence-corrected chi connectivity index (χ1v) is 8.45. The van der Waals surface area contributed by atoms with Gasteiger partial charge in [-0.25, -0.2) is 9.37 Å². The number of imidazole rings is 1. The van der Waals surface area contributed by atoms with Gasteiger partial charge in [0.15, 0.2) is 0 Å². The van der Waals surface area contributed by atoms with Crippen LogP contribution >= 0.6 is 0 Å². The molecule has 1 atom stereocenters. The summed E-state index contributed by atoms with van der Waals surface area (Å²) >= 11 is 0. The summed E-state index contributed by atoms with van der Waals surface area (Å²) in [5.74, 6) is -0.772. The second kappa shape index (κ2) is 7.75. The van der Waals surface area contributed by atoms with Crippen LogP contribution in [0, 0.1) is 5.82 Å². The van der Waals surface area contributed by atoms with Gasteiger partial charge < -0.3 is 24.7 Å². The van der Waals surface area contributed by atoms with E-state index in [0.717, 1.165) is 0 Å². The van der Waals surface area contributed by atoms with Crippen LogP contribution in [0.2, 0.25) is 0 Å². The number of primary amides is 1. The maximum atomic E-state index is 13.0. The molecule has 0 aliphatic carbocycles. The van der Waals surface area contributed by atoms with E-state index >= 15 is 0 Å².